The van der Waals surface area contributed by atoms with Crippen LogP contribution in [-0.4, -0.2) is 51.8 Å². The lowest BCUT2D eigenvalue weighted by atomic mass is 10.2. The lowest BCUT2D eigenvalue weighted by molar-refractivity contribution is -0.192. The van der Waals surface area contributed by atoms with Crippen molar-refractivity contribution in [3.05, 3.63) is 39.8 Å². The number of aliphatic carboxylic acids is 1. The smallest absolute Gasteiger partial charge is 0.475 e. The Bertz CT molecular complexity index is 755. The van der Waals surface area contributed by atoms with Crippen molar-refractivity contribution in [2.45, 2.75) is 31.6 Å². The van der Waals surface area contributed by atoms with Crippen molar-refractivity contribution < 1.29 is 27.9 Å². The van der Waals surface area contributed by atoms with E-state index < -0.39 is 12.1 Å². The van der Waals surface area contributed by atoms with Crippen LogP contribution in [0.25, 0.3) is 0 Å². The molecule has 1 aliphatic heterocycles. The molecule has 0 bridgehead atoms. The van der Waals surface area contributed by atoms with Crippen molar-refractivity contribution in [2.75, 3.05) is 13.6 Å². The van der Waals surface area contributed by atoms with Crippen LogP contribution in [0.3, 0.4) is 0 Å². The SMILES string of the molecule is CN(Cc1ccn[nH]1)C(=O)c1ccc(C2CCCN2)s1.O=C(O)C(F)(F)F. The van der Waals surface area contributed by atoms with E-state index in [-0.39, 0.29) is 5.91 Å². The summed E-state index contributed by atoms with van der Waals surface area (Å²) >= 11 is 1.60. The Morgan fingerprint density at radius 1 is 1.37 bits per heavy atom. The Hall–Kier alpha value is -2.40. The largest absolute Gasteiger partial charge is 0.490 e. The fraction of sp³-hybridized carbons (Fsp3) is 0.438. The van der Waals surface area contributed by atoms with Crippen LogP contribution in [0.4, 0.5) is 13.2 Å². The first-order valence-electron chi connectivity index (χ1n) is 8.05. The van der Waals surface area contributed by atoms with Crippen LogP contribution >= 0.6 is 11.3 Å². The molecular weight excluding hydrogens is 385 g/mol. The zero-order chi connectivity index (χ0) is 20.0. The molecule has 1 fully saturated rings. The molecule has 3 rings (SSSR count). The van der Waals surface area contributed by atoms with Gasteiger partial charge in [-0.1, -0.05) is 0 Å². The molecule has 1 atom stereocenters. The number of hydrogen-bond donors (Lipinski definition) is 3. The number of rotatable bonds is 4. The average molecular weight is 404 g/mol. The van der Waals surface area contributed by atoms with Gasteiger partial charge in [-0.25, -0.2) is 4.79 Å². The molecule has 1 amide bonds. The number of hydrogen-bond acceptors (Lipinski definition) is 5. The summed E-state index contributed by atoms with van der Waals surface area (Å²) in [5, 5.41) is 17.4. The number of carbonyl (C=O) groups is 2. The molecule has 3 N–H and O–H groups in total. The van der Waals surface area contributed by atoms with Gasteiger partial charge in [0.1, 0.15) is 0 Å². The zero-order valence-corrected chi connectivity index (χ0v) is 15.2. The highest BCUT2D eigenvalue weighted by Crippen LogP contribution is 2.29. The molecule has 1 aliphatic rings. The van der Waals surface area contributed by atoms with Crippen molar-refractivity contribution in [1.82, 2.24) is 20.4 Å². The number of carboxylic acid groups (broad SMARTS) is 1. The van der Waals surface area contributed by atoms with Crippen LogP contribution in [0.15, 0.2) is 24.4 Å². The predicted octanol–water partition coefficient (Wildman–Crippen LogP) is 2.80. The Morgan fingerprint density at radius 2 is 2.07 bits per heavy atom. The summed E-state index contributed by atoms with van der Waals surface area (Å²) < 4.78 is 31.7. The van der Waals surface area contributed by atoms with Crippen molar-refractivity contribution in [3.8, 4) is 0 Å². The van der Waals surface area contributed by atoms with E-state index in [1.807, 2.05) is 19.2 Å². The number of thiophene rings is 1. The lowest BCUT2D eigenvalue weighted by Gasteiger charge is -2.15. The van der Waals surface area contributed by atoms with Gasteiger partial charge in [0.15, 0.2) is 0 Å². The minimum Gasteiger partial charge on any atom is -0.475 e. The van der Waals surface area contributed by atoms with E-state index in [2.05, 4.69) is 21.6 Å². The second kappa shape index (κ2) is 9.00. The monoisotopic (exact) mass is 404 g/mol. The number of nitrogens with one attached hydrogen (secondary N) is 2. The number of alkyl halides is 3. The zero-order valence-electron chi connectivity index (χ0n) is 14.4. The molecule has 3 heterocycles. The standard InChI is InChI=1S/C14H18N4OS.C2HF3O2/c1-18(9-10-6-8-16-17-10)14(19)13-5-4-12(20-13)11-3-2-7-15-11;3-2(4,5)1(6)7/h4-6,8,11,15H,2-3,7,9H2,1H3,(H,16,17);(H,6,7). The van der Waals surface area contributed by atoms with E-state index in [1.54, 1.807) is 22.4 Å². The normalized spacial score (nSPS) is 16.5. The Balaban J connectivity index is 0.000000321. The summed E-state index contributed by atoms with van der Waals surface area (Å²) in [7, 11) is 1.82. The Kier molecular flexibility index (Phi) is 6.97. The fourth-order valence-corrected chi connectivity index (χ4v) is 3.58. The van der Waals surface area contributed by atoms with Crippen molar-refractivity contribution in [3.63, 3.8) is 0 Å². The molecular formula is C16H19F3N4O3S. The van der Waals surface area contributed by atoms with E-state index in [4.69, 9.17) is 9.90 Å². The second-order valence-corrected chi connectivity index (χ2v) is 7.01. The topological polar surface area (TPSA) is 98.3 Å². The highest BCUT2D eigenvalue weighted by Gasteiger charge is 2.38. The van der Waals surface area contributed by atoms with Gasteiger partial charge in [-0.2, -0.15) is 18.3 Å². The van der Waals surface area contributed by atoms with Crippen LogP contribution in [0.5, 0.6) is 0 Å². The summed E-state index contributed by atoms with van der Waals surface area (Å²) in [6, 6.07) is 6.32. The molecule has 0 aliphatic carbocycles. The number of carbonyl (C=O) groups excluding carboxylic acids is 1. The Labute approximate surface area is 157 Å². The summed E-state index contributed by atoms with van der Waals surface area (Å²) in [6.07, 6.45) is -1.01. The minimum atomic E-state index is -5.08. The van der Waals surface area contributed by atoms with Gasteiger partial charge in [-0.15, -0.1) is 11.3 Å². The van der Waals surface area contributed by atoms with Crippen molar-refractivity contribution in [2.24, 2.45) is 0 Å². The van der Waals surface area contributed by atoms with E-state index in [0.717, 1.165) is 23.5 Å². The highest BCUT2D eigenvalue weighted by molar-refractivity contribution is 7.14. The molecule has 27 heavy (non-hydrogen) atoms. The maximum Gasteiger partial charge on any atom is 0.490 e. The van der Waals surface area contributed by atoms with E-state index in [9.17, 15) is 18.0 Å². The van der Waals surface area contributed by atoms with Gasteiger partial charge in [-0.3, -0.25) is 9.89 Å². The van der Waals surface area contributed by atoms with Crippen LogP contribution < -0.4 is 5.32 Å². The first kappa shape index (κ1) is 20.9. The van der Waals surface area contributed by atoms with Gasteiger partial charge in [0.05, 0.1) is 17.1 Å². The third-order valence-electron chi connectivity index (χ3n) is 3.80. The number of aromatic nitrogens is 2. The highest BCUT2D eigenvalue weighted by atomic mass is 32.1. The summed E-state index contributed by atoms with van der Waals surface area (Å²) in [6.45, 7) is 1.62. The second-order valence-electron chi connectivity index (χ2n) is 5.90. The molecule has 1 saturated heterocycles. The number of aromatic amines is 1. The summed E-state index contributed by atoms with van der Waals surface area (Å²) in [5.74, 6) is -2.69. The molecule has 0 spiro atoms. The summed E-state index contributed by atoms with van der Waals surface area (Å²) in [5.41, 5.74) is 0.940. The van der Waals surface area contributed by atoms with Gasteiger partial charge in [0, 0.05) is 24.2 Å². The van der Waals surface area contributed by atoms with Crippen LogP contribution in [0.2, 0.25) is 0 Å². The summed E-state index contributed by atoms with van der Waals surface area (Å²) in [4.78, 5) is 25.1. The quantitative estimate of drug-likeness (QED) is 0.728. The van der Waals surface area contributed by atoms with E-state index >= 15 is 0 Å². The first-order valence-corrected chi connectivity index (χ1v) is 8.87. The van der Waals surface area contributed by atoms with Crippen LogP contribution in [0, 0.1) is 0 Å². The van der Waals surface area contributed by atoms with E-state index in [1.165, 1.54) is 11.3 Å². The van der Waals surface area contributed by atoms with E-state index in [0.29, 0.717) is 12.6 Å². The number of nitrogens with zero attached hydrogens (tertiary/aromatic N) is 2. The van der Waals surface area contributed by atoms with Gasteiger partial charge in [0.2, 0.25) is 0 Å². The number of H-pyrrole nitrogens is 1. The molecule has 2 aromatic heterocycles. The first-order chi connectivity index (χ1) is 12.7. The molecule has 11 heteroatoms. The molecule has 0 radical (unpaired) electrons. The predicted molar refractivity (Wildman–Crippen MR) is 92.4 cm³/mol. The third kappa shape index (κ3) is 6.07. The molecule has 0 aromatic carbocycles. The number of carboxylic acids is 1. The lowest BCUT2D eigenvalue weighted by Crippen LogP contribution is -2.25. The van der Waals surface area contributed by atoms with Gasteiger partial charge >= 0.3 is 12.1 Å². The Morgan fingerprint density at radius 3 is 2.59 bits per heavy atom. The van der Waals surface area contributed by atoms with Crippen LogP contribution in [-0.2, 0) is 11.3 Å². The van der Waals surface area contributed by atoms with Crippen LogP contribution in [0.1, 0.15) is 39.1 Å². The number of amides is 1. The van der Waals surface area contributed by atoms with Gasteiger partial charge < -0.3 is 15.3 Å². The molecule has 1 unspecified atom stereocenters. The maximum absolute atomic E-state index is 12.4. The number of halogens is 3. The maximum atomic E-state index is 12.4. The molecule has 7 nitrogen and oxygen atoms in total. The van der Waals surface area contributed by atoms with Gasteiger partial charge in [0.25, 0.3) is 5.91 Å². The van der Waals surface area contributed by atoms with Crippen molar-refractivity contribution in [1.29, 1.82) is 0 Å². The van der Waals surface area contributed by atoms with Crippen molar-refractivity contribution >= 4 is 23.2 Å². The minimum absolute atomic E-state index is 0.0637. The average Bonchev–Trinajstić information content (AvgIpc) is 3.34. The van der Waals surface area contributed by atoms with Gasteiger partial charge in [-0.05, 0) is 37.6 Å². The third-order valence-corrected chi connectivity index (χ3v) is 4.98. The molecule has 0 saturated carbocycles. The fourth-order valence-electron chi connectivity index (χ4n) is 2.47. The molecule has 2 aromatic rings. The molecule has 148 valence electrons.